The second-order valence-electron chi connectivity index (χ2n) is 5.81. The van der Waals surface area contributed by atoms with Crippen molar-refractivity contribution >= 4 is 11.8 Å². The van der Waals surface area contributed by atoms with E-state index in [2.05, 4.69) is 15.1 Å². The summed E-state index contributed by atoms with van der Waals surface area (Å²) in [6.07, 6.45) is 3.69. The quantitative estimate of drug-likeness (QED) is 0.434. The molecule has 8 heteroatoms. The lowest BCUT2D eigenvalue weighted by molar-refractivity contribution is 0.414. The van der Waals surface area contributed by atoms with Crippen molar-refractivity contribution in [1.29, 1.82) is 0 Å². The average Bonchev–Trinajstić information content (AvgIpc) is 3.42. The zero-order valence-electron chi connectivity index (χ0n) is 15.4. The minimum atomic E-state index is 0.483. The van der Waals surface area contributed by atoms with Crippen molar-refractivity contribution in [3.63, 3.8) is 0 Å². The topological polar surface area (TPSA) is 75.2 Å². The Kier molecular flexibility index (Phi) is 5.29. The van der Waals surface area contributed by atoms with Gasteiger partial charge in [0.1, 0.15) is 11.5 Å². The number of imidazole rings is 1. The maximum Gasteiger partial charge on any atom is 0.257 e. The number of ether oxygens (including phenoxy) is 2. The maximum absolute atomic E-state index is 5.38. The number of thioether (sulfide) groups is 1. The minimum Gasteiger partial charge on any atom is -0.497 e. The molecule has 28 heavy (non-hydrogen) atoms. The van der Waals surface area contributed by atoms with Crippen molar-refractivity contribution in [2.45, 2.75) is 10.9 Å². The summed E-state index contributed by atoms with van der Waals surface area (Å²) in [5.41, 5.74) is 1.86. The van der Waals surface area contributed by atoms with Crippen LogP contribution in [0.3, 0.4) is 0 Å². The summed E-state index contributed by atoms with van der Waals surface area (Å²) in [4.78, 5) is 8.90. The number of nitrogens with zero attached hydrogens (tertiary/aromatic N) is 4. The molecule has 0 amide bonds. The first kappa shape index (κ1) is 18.1. The molecule has 0 saturated carbocycles. The molecule has 0 fully saturated rings. The summed E-state index contributed by atoms with van der Waals surface area (Å²) in [6.45, 7) is 0. The summed E-state index contributed by atoms with van der Waals surface area (Å²) in [6, 6.07) is 15.3. The Morgan fingerprint density at radius 1 is 0.964 bits per heavy atom. The first-order valence-electron chi connectivity index (χ1n) is 8.54. The van der Waals surface area contributed by atoms with E-state index in [0.29, 0.717) is 17.5 Å². The SMILES string of the molecule is COc1ccc(-c2nc(CSc3nccn3-c3ccc(OC)cc3)no2)cc1. The van der Waals surface area contributed by atoms with Gasteiger partial charge in [-0.3, -0.25) is 4.57 Å². The molecule has 0 aliphatic heterocycles. The largest absolute Gasteiger partial charge is 0.497 e. The number of rotatable bonds is 7. The van der Waals surface area contributed by atoms with Crippen LogP contribution in [-0.4, -0.2) is 33.9 Å². The van der Waals surface area contributed by atoms with Crippen LogP contribution in [0.2, 0.25) is 0 Å². The standard InChI is InChI=1S/C20H18N4O3S/c1-25-16-7-3-14(4-8-16)19-22-18(23-27-19)13-28-20-21-11-12-24(20)15-5-9-17(26-2)10-6-15/h3-12H,13H2,1-2H3. The molecule has 0 aliphatic rings. The van der Waals surface area contributed by atoms with Crippen molar-refractivity contribution < 1.29 is 14.0 Å². The number of hydrogen-bond donors (Lipinski definition) is 0. The van der Waals surface area contributed by atoms with Crippen molar-refractivity contribution in [3.8, 4) is 28.6 Å². The molecule has 4 aromatic rings. The molecule has 0 saturated heterocycles. The molecule has 2 aromatic heterocycles. The second kappa shape index (κ2) is 8.18. The van der Waals surface area contributed by atoms with E-state index in [0.717, 1.165) is 27.9 Å². The van der Waals surface area contributed by atoms with Gasteiger partial charge in [-0.05, 0) is 48.5 Å². The minimum absolute atomic E-state index is 0.483. The Balaban J connectivity index is 1.45. The van der Waals surface area contributed by atoms with Crippen molar-refractivity contribution in [2.24, 2.45) is 0 Å². The highest BCUT2D eigenvalue weighted by Crippen LogP contribution is 2.26. The van der Waals surface area contributed by atoms with Gasteiger partial charge in [0.15, 0.2) is 11.0 Å². The summed E-state index contributed by atoms with van der Waals surface area (Å²) in [5.74, 6) is 3.24. The van der Waals surface area contributed by atoms with Gasteiger partial charge < -0.3 is 14.0 Å². The molecular weight excluding hydrogens is 376 g/mol. The third-order valence-electron chi connectivity index (χ3n) is 4.09. The van der Waals surface area contributed by atoms with Gasteiger partial charge in [-0.1, -0.05) is 16.9 Å². The summed E-state index contributed by atoms with van der Waals surface area (Å²) in [5, 5.41) is 4.92. The van der Waals surface area contributed by atoms with Crippen molar-refractivity contribution in [1.82, 2.24) is 19.7 Å². The molecule has 7 nitrogen and oxygen atoms in total. The lowest BCUT2D eigenvalue weighted by atomic mass is 10.2. The molecule has 0 atom stereocenters. The fourth-order valence-electron chi connectivity index (χ4n) is 2.63. The van der Waals surface area contributed by atoms with E-state index < -0.39 is 0 Å². The zero-order chi connectivity index (χ0) is 19.3. The second-order valence-corrected chi connectivity index (χ2v) is 6.75. The molecule has 2 aromatic carbocycles. The third-order valence-corrected chi connectivity index (χ3v) is 5.06. The van der Waals surface area contributed by atoms with Crippen LogP contribution in [0.4, 0.5) is 0 Å². The monoisotopic (exact) mass is 394 g/mol. The van der Waals surface area contributed by atoms with Gasteiger partial charge in [0.25, 0.3) is 5.89 Å². The Labute approximate surface area is 166 Å². The molecular formula is C20H18N4O3S. The number of benzene rings is 2. The first-order chi connectivity index (χ1) is 13.8. The maximum atomic E-state index is 5.38. The Bertz CT molecular complexity index is 1040. The van der Waals surface area contributed by atoms with Crippen LogP contribution in [0.25, 0.3) is 17.1 Å². The van der Waals surface area contributed by atoms with E-state index in [4.69, 9.17) is 14.0 Å². The van der Waals surface area contributed by atoms with Gasteiger partial charge >= 0.3 is 0 Å². The predicted molar refractivity (Wildman–Crippen MR) is 106 cm³/mol. The Morgan fingerprint density at radius 3 is 2.32 bits per heavy atom. The zero-order valence-corrected chi connectivity index (χ0v) is 16.2. The van der Waals surface area contributed by atoms with Crippen LogP contribution < -0.4 is 9.47 Å². The van der Waals surface area contributed by atoms with E-state index in [9.17, 15) is 0 Å². The number of aromatic nitrogens is 4. The molecule has 0 unspecified atom stereocenters. The Morgan fingerprint density at radius 2 is 1.64 bits per heavy atom. The van der Waals surface area contributed by atoms with Gasteiger partial charge in [-0.2, -0.15) is 4.98 Å². The van der Waals surface area contributed by atoms with Crippen LogP contribution in [0, 0.1) is 0 Å². The summed E-state index contributed by atoms with van der Waals surface area (Å²) in [7, 11) is 3.28. The molecule has 4 rings (SSSR count). The fraction of sp³-hybridized carbons (Fsp3) is 0.150. The van der Waals surface area contributed by atoms with E-state index in [-0.39, 0.29) is 0 Å². The van der Waals surface area contributed by atoms with Gasteiger partial charge in [0.2, 0.25) is 0 Å². The van der Waals surface area contributed by atoms with Crippen LogP contribution in [0.1, 0.15) is 5.82 Å². The van der Waals surface area contributed by atoms with E-state index in [1.165, 1.54) is 0 Å². The van der Waals surface area contributed by atoms with Crippen molar-refractivity contribution in [2.75, 3.05) is 14.2 Å². The molecule has 0 spiro atoms. The number of hydrogen-bond acceptors (Lipinski definition) is 7. The summed E-state index contributed by atoms with van der Waals surface area (Å²) >= 11 is 1.54. The average molecular weight is 394 g/mol. The molecule has 2 heterocycles. The van der Waals surface area contributed by atoms with Crippen molar-refractivity contribution in [3.05, 3.63) is 66.7 Å². The van der Waals surface area contributed by atoms with Crippen LogP contribution in [-0.2, 0) is 5.75 Å². The smallest absolute Gasteiger partial charge is 0.257 e. The lowest BCUT2D eigenvalue weighted by Gasteiger charge is -2.07. The lowest BCUT2D eigenvalue weighted by Crippen LogP contribution is -1.96. The molecule has 142 valence electrons. The molecule has 0 radical (unpaired) electrons. The highest BCUT2D eigenvalue weighted by atomic mass is 32.2. The van der Waals surface area contributed by atoms with Gasteiger partial charge in [-0.25, -0.2) is 4.98 Å². The molecule has 0 bridgehead atoms. The van der Waals surface area contributed by atoms with E-state index >= 15 is 0 Å². The molecule has 0 aliphatic carbocycles. The van der Waals surface area contributed by atoms with Gasteiger partial charge in [0, 0.05) is 23.6 Å². The van der Waals surface area contributed by atoms with Gasteiger partial charge in [-0.15, -0.1) is 0 Å². The van der Waals surface area contributed by atoms with Crippen LogP contribution in [0.5, 0.6) is 11.5 Å². The first-order valence-corrected chi connectivity index (χ1v) is 9.53. The normalized spacial score (nSPS) is 10.8. The van der Waals surface area contributed by atoms with Crippen LogP contribution >= 0.6 is 11.8 Å². The highest BCUT2D eigenvalue weighted by molar-refractivity contribution is 7.98. The van der Waals surface area contributed by atoms with Gasteiger partial charge in [0.05, 0.1) is 20.0 Å². The fourth-order valence-corrected chi connectivity index (χ4v) is 3.44. The van der Waals surface area contributed by atoms with E-state index in [1.807, 2.05) is 59.3 Å². The number of methoxy groups -OCH3 is 2. The molecule has 0 N–H and O–H groups in total. The third kappa shape index (κ3) is 3.86. The summed E-state index contributed by atoms with van der Waals surface area (Å²) < 4.78 is 17.8. The Hall–Kier alpha value is -3.26. The highest BCUT2D eigenvalue weighted by Gasteiger charge is 2.12. The van der Waals surface area contributed by atoms with Crippen LogP contribution in [0.15, 0.2) is 70.6 Å². The predicted octanol–water partition coefficient (Wildman–Crippen LogP) is 4.23. The van der Waals surface area contributed by atoms with E-state index in [1.54, 1.807) is 32.2 Å².